The highest BCUT2D eigenvalue weighted by Gasteiger charge is 2.31. The molecule has 2 heterocycles. The molecule has 22 heavy (non-hydrogen) atoms. The van der Waals surface area contributed by atoms with Crippen molar-refractivity contribution < 1.29 is 4.74 Å². The molecule has 2 N–H and O–H groups in total. The van der Waals surface area contributed by atoms with Gasteiger partial charge < -0.3 is 10.5 Å². The first-order chi connectivity index (χ1) is 10.7. The maximum absolute atomic E-state index is 5.96. The summed E-state index contributed by atoms with van der Waals surface area (Å²) in [5, 5.41) is 7.63. The third kappa shape index (κ3) is 2.29. The normalized spacial score (nSPS) is 19.8. The Hall–Kier alpha value is -2.20. The van der Waals surface area contributed by atoms with Crippen molar-refractivity contribution in [2.75, 3.05) is 23.9 Å². The molecule has 0 amide bonds. The van der Waals surface area contributed by atoms with Crippen molar-refractivity contribution in [3.8, 4) is 5.75 Å². The number of hydrogen-bond acceptors (Lipinski definition) is 4. The van der Waals surface area contributed by atoms with Crippen LogP contribution < -0.4 is 15.5 Å². The van der Waals surface area contributed by atoms with Crippen molar-refractivity contribution in [1.29, 1.82) is 0 Å². The standard InChI is InChI=1S/C17H16ClN3O/c18-12-1-4-14(5-2-12)21-8-7-11-10-22-16-9-13(19)3-6-15(16)17(11)20-21/h1-6,9,11H,7-8,10,19H2. The minimum absolute atomic E-state index is 0.347. The van der Waals surface area contributed by atoms with Crippen LogP contribution >= 0.6 is 11.6 Å². The Morgan fingerprint density at radius 1 is 1.18 bits per heavy atom. The van der Waals surface area contributed by atoms with Crippen LogP contribution in [0.4, 0.5) is 11.4 Å². The molecule has 2 aliphatic heterocycles. The van der Waals surface area contributed by atoms with E-state index in [1.165, 1.54) is 0 Å². The van der Waals surface area contributed by atoms with Gasteiger partial charge in [0, 0.05) is 34.8 Å². The Bertz CT molecular complexity index is 742. The van der Waals surface area contributed by atoms with Crippen LogP contribution in [0.5, 0.6) is 5.75 Å². The maximum Gasteiger partial charge on any atom is 0.130 e. The van der Waals surface area contributed by atoms with E-state index in [1.54, 1.807) is 0 Å². The number of rotatable bonds is 1. The van der Waals surface area contributed by atoms with Gasteiger partial charge in [-0.2, -0.15) is 5.10 Å². The van der Waals surface area contributed by atoms with Crippen molar-refractivity contribution in [3.63, 3.8) is 0 Å². The lowest BCUT2D eigenvalue weighted by Gasteiger charge is -2.34. The summed E-state index contributed by atoms with van der Waals surface area (Å²) < 4.78 is 5.83. The Balaban J connectivity index is 1.74. The zero-order valence-corrected chi connectivity index (χ0v) is 12.8. The van der Waals surface area contributed by atoms with Gasteiger partial charge in [0.25, 0.3) is 0 Å². The number of anilines is 2. The number of fused-ring (bicyclic) bond motifs is 3. The minimum Gasteiger partial charge on any atom is -0.492 e. The number of nitrogen functional groups attached to an aromatic ring is 1. The van der Waals surface area contributed by atoms with Crippen LogP contribution in [0.2, 0.25) is 5.02 Å². The van der Waals surface area contributed by atoms with Crippen LogP contribution in [0.15, 0.2) is 47.6 Å². The molecule has 112 valence electrons. The molecule has 0 aromatic heterocycles. The van der Waals surface area contributed by atoms with Gasteiger partial charge in [-0.1, -0.05) is 11.6 Å². The SMILES string of the molecule is Nc1ccc2c(c1)OCC1CCN(c3ccc(Cl)cc3)N=C21. The van der Waals surface area contributed by atoms with E-state index in [2.05, 4.69) is 0 Å². The summed E-state index contributed by atoms with van der Waals surface area (Å²) in [7, 11) is 0. The summed E-state index contributed by atoms with van der Waals surface area (Å²) in [6.45, 7) is 1.55. The lowest BCUT2D eigenvalue weighted by atomic mass is 9.90. The van der Waals surface area contributed by atoms with E-state index in [0.717, 1.165) is 40.7 Å². The van der Waals surface area contributed by atoms with E-state index in [9.17, 15) is 0 Å². The fourth-order valence-corrected chi connectivity index (χ4v) is 3.10. The molecule has 1 unspecified atom stereocenters. The van der Waals surface area contributed by atoms with Gasteiger partial charge in [0.1, 0.15) is 5.75 Å². The van der Waals surface area contributed by atoms with Crippen LogP contribution in [0.1, 0.15) is 12.0 Å². The third-order valence-electron chi connectivity index (χ3n) is 4.15. The molecule has 0 bridgehead atoms. The van der Waals surface area contributed by atoms with E-state index in [-0.39, 0.29) is 0 Å². The molecule has 0 aliphatic carbocycles. The molecule has 5 heteroatoms. The van der Waals surface area contributed by atoms with Crippen molar-refractivity contribution >= 4 is 28.7 Å². The van der Waals surface area contributed by atoms with E-state index in [1.807, 2.05) is 47.5 Å². The predicted molar refractivity (Wildman–Crippen MR) is 89.8 cm³/mol. The van der Waals surface area contributed by atoms with Crippen LogP contribution in [0.25, 0.3) is 0 Å². The average Bonchev–Trinajstić information content (AvgIpc) is 2.54. The molecule has 4 rings (SSSR count). The second kappa shape index (κ2) is 5.21. The van der Waals surface area contributed by atoms with Crippen molar-refractivity contribution in [1.82, 2.24) is 0 Å². The summed E-state index contributed by atoms with van der Waals surface area (Å²) in [6, 6.07) is 13.5. The molecular formula is C17H16ClN3O. The highest BCUT2D eigenvalue weighted by Crippen LogP contribution is 2.34. The molecule has 1 atom stereocenters. The first kappa shape index (κ1) is 13.5. The lowest BCUT2D eigenvalue weighted by Crippen LogP contribution is -2.38. The molecule has 0 spiro atoms. The highest BCUT2D eigenvalue weighted by atomic mass is 35.5. The zero-order chi connectivity index (χ0) is 15.1. The summed E-state index contributed by atoms with van der Waals surface area (Å²) in [6.07, 6.45) is 1.02. The number of halogens is 1. The van der Waals surface area contributed by atoms with Crippen molar-refractivity contribution in [2.45, 2.75) is 6.42 Å². The highest BCUT2D eigenvalue weighted by molar-refractivity contribution is 6.30. The molecule has 2 aliphatic rings. The van der Waals surface area contributed by atoms with E-state index < -0.39 is 0 Å². The van der Waals surface area contributed by atoms with Gasteiger partial charge in [-0.05, 0) is 42.8 Å². The Morgan fingerprint density at radius 2 is 2.00 bits per heavy atom. The third-order valence-corrected chi connectivity index (χ3v) is 4.40. The summed E-state index contributed by atoms with van der Waals surface area (Å²) >= 11 is 5.96. The van der Waals surface area contributed by atoms with Gasteiger partial charge in [-0.25, -0.2) is 0 Å². The quantitative estimate of drug-likeness (QED) is 0.819. The second-order valence-electron chi connectivity index (χ2n) is 5.64. The van der Waals surface area contributed by atoms with Crippen LogP contribution in [0.3, 0.4) is 0 Å². The average molecular weight is 314 g/mol. The van der Waals surface area contributed by atoms with Gasteiger partial charge in [-0.15, -0.1) is 0 Å². The van der Waals surface area contributed by atoms with E-state index >= 15 is 0 Å². The molecule has 2 aromatic carbocycles. The topological polar surface area (TPSA) is 50.9 Å². The van der Waals surface area contributed by atoms with Gasteiger partial charge >= 0.3 is 0 Å². The molecule has 4 nitrogen and oxygen atoms in total. The Labute approximate surface area is 134 Å². The smallest absolute Gasteiger partial charge is 0.130 e. The number of nitrogens with two attached hydrogens (primary N) is 1. The Morgan fingerprint density at radius 3 is 2.82 bits per heavy atom. The molecule has 0 radical (unpaired) electrons. The monoisotopic (exact) mass is 313 g/mol. The van der Waals surface area contributed by atoms with Gasteiger partial charge in [0.2, 0.25) is 0 Å². The van der Waals surface area contributed by atoms with Gasteiger partial charge in [0.15, 0.2) is 0 Å². The Kier molecular flexibility index (Phi) is 3.19. The predicted octanol–water partition coefficient (Wildman–Crippen LogP) is 3.55. The first-order valence-electron chi connectivity index (χ1n) is 7.35. The number of nitrogens with zero attached hydrogens (tertiary/aromatic N) is 2. The number of hydrazone groups is 1. The van der Waals surface area contributed by atoms with E-state index in [0.29, 0.717) is 18.2 Å². The van der Waals surface area contributed by atoms with E-state index in [4.69, 9.17) is 27.2 Å². The number of benzene rings is 2. The number of hydrogen-bond donors (Lipinski definition) is 1. The van der Waals surface area contributed by atoms with Gasteiger partial charge in [-0.3, -0.25) is 5.01 Å². The molecule has 2 aromatic rings. The largest absolute Gasteiger partial charge is 0.492 e. The molecule has 0 saturated heterocycles. The molecule has 0 fully saturated rings. The first-order valence-corrected chi connectivity index (χ1v) is 7.73. The summed E-state index contributed by atoms with van der Waals surface area (Å²) in [5.41, 5.74) is 9.74. The molecule has 0 saturated carbocycles. The second-order valence-corrected chi connectivity index (χ2v) is 6.07. The van der Waals surface area contributed by atoms with Gasteiger partial charge in [0.05, 0.1) is 18.0 Å². The summed E-state index contributed by atoms with van der Waals surface area (Å²) in [5.74, 6) is 1.17. The zero-order valence-electron chi connectivity index (χ0n) is 12.0. The molecular weight excluding hydrogens is 298 g/mol. The number of ether oxygens (including phenoxy) is 1. The van der Waals surface area contributed by atoms with Crippen LogP contribution in [0, 0.1) is 5.92 Å². The fraction of sp³-hybridized carbons (Fsp3) is 0.235. The minimum atomic E-state index is 0.347. The maximum atomic E-state index is 5.96. The van der Waals surface area contributed by atoms with Crippen LogP contribution in [-0.2, 0) is 0 Å². The summed E-state index contributed by atoms with van der Waals surface area (Å²) in [4.78, 5) is 0. The van der Waals surface area contributed by atoms with Crippen molar-refractivity contribution in [3.05, 3.63) is 53.1 Å². The fourth-order valence-electron chi connectivity index (χ4n) is 2.97. The van der Waals surface area contributed by atoms with Crippen LogP contribution in [-0.4, -0.2) is 18.9 Å². The lowest BCUT2D eigenvalue weighted by molar-refractivity contribution is 0.264. The van der Waals surface area contributed by atoms with Crippen molar-refractivity contribution in [2.24, 2.45) is 11.0 Å².